The van der Waals surface area contributed by atoms with E-state index in [1.807, 2.05) is 37.4 Å². The first-order valence-electron chi connectivity index (χ1n) is 6.62. The topological polar surface area (TPSA) is 32.3 Å². The highest BCUT2D eigenvalue weighted by Crippen LogP contribution is 2.36. The number of para-hydroxylation sites is 1. The van der Waals surface area contributed by atoms with Crippen molar-refractivity contribution in [1.82, 2.24) is 5.32 Å². The third-order valence-electron chi connectivity index (χ3n) is 4.17. The lowest BCUT2D eigenvalue weighted by molar-refractivity contribution is -0.129. The second-order valence-electron chi connectivity index (χ2n) is 5.44. The van der Waals surface area contributed by atoms with E-state index in [0.717, 1.165) is 25.2 Å². The monoisotopic (exact) mass is 246 g/mol. The van der Waals surface area contributed by atoms with E-state index in [2.05, 4.69) is 19.2 Å². The molecule has 0 saturated carbocycles. The van der Waals surface area contributed by atoms with Crippen molar-refractivity contribution in [2.24, 2.45) is 11.3 Å². The van der Waals surface area contributed by atoms with Crippen LogP contribution in [-0.2, 0) is 4.79 Å². The van der Waals surface area contributed by atoms with Crippen LogP contribution in [0.4, 0.5) is 5.69 Å². The lowest BCUT2D eigenvalue weighted by Crippen LogP contribution is -2.47. The minimum Gasteiger partial charge on any atom is -0.316 e. The van der Waals surface area contributed by atoms with Gasteiger partial charge in [0.05, 0.1) is 5.41 Å². The van der Waals surface area contributed by atoms with Crippen molar-refractivity contribution in [3.05, 3.63) is 30.3 Å². The summed E-state index contributed by atoms with van der Waals surface area (Å²) in [6, 6.07) is 9.86. The summed E-state index contributed by atoms with van der Waals surface area (Å²) in [7, 11) is 1.88. The van der Waals surface area contributed by atoms with E-state index in [0.29, 0.717) is 5.92 Å². The zero-order valence-corrected chi connectivity index (χ0v) is 11.4. The summed E-state index contributed by atoms with van der Waals surface area (Å²) >= 11 is 0. The molecule has 0 radical (unpaired) electrons. The first-order valence-corrected chi connectivity index (χ1v) is 6.62. The Morgan fingerprint density at radius 1 is 1.33 bits per heavy atom. The Hall–Kier alpha value is -1.35. The molecule has 1 heterocycles. The van der Waals surface area contributed by atoms with Crippen molar-refractivity contribution < 1.29 is 4.79 Å². The van der Waals surface area contributed by atoms with E-state index < -0.39 is 0 Å². The largest absolute Gasteiger partial charge is 0.316 e. The highest BCUT2D eigenvalue weighted by molar-refractivity contribution is 5.97. The number of carbonyl (C=O) groups excluding carboxylic acids is 1. The Balaban J connectivity index is 2.25. The van der Waals surface area contributed by atoms with Crippen LogP contribution in [0.1, 0.15) is 20.3 Å². The summed E-state index contributed by atoms with van der Waals surface area (Å²) in [5.74, 6) is 0.583. The van der Waals surface area contributed by atoms with Gasteiger partial charge in [0.25, 0.3) is 0 Å². The molecular weight excluding hydrogens is 224 g/mol. The summed E-state index contributed by atoms with van der Waals surface area (Å²) in [5, 5.41) is 3.33. The van der Waals surface area contributed by atoms with Gasteiger partial charge in [-0.05, 0) is 31.0 Å². The van der Waals surface area contributed by atoms with Crippen LogP contribution < -0.4 is 10.2 Å². The molecule has 0 aliphatic carbocycles. The van der Waals surface area contributed by atoms with Gasteiger partial charge in [0.2, 0.25) is 5.91 Å². The molecule has 98 valence electrons. The highest BCUT2D eigenvalue weighted by Gasteiger charge is 2.45. The summed E-state index contributed by atoms with van der Waals surface area (Å²) in [6.07, 6.45) is 0.931. The molecule has 3 heteroatoms. The smallest absolute Gasteiger partial charge is 0.234 e. The summed E-state index contributed by atoms with van der Waals surface area (Å²) in [4.78, 5) is 14.6. The van der Waals surface area contributed by atoms with E-state index in [1.54, 1.807) is 4.90 Å². The zero-order chi connectivity index (χ0) is 13.2. The number of rotatable bonds is 3. The number of nitrogens with zero attached hydrogens (tertiary/aromatic N) is 1. The van der Waals surface area contributed by atoms with E-state index in [-0.39, 0.29) is 11.3 Å². The molecule has 1 fully saturated rings. The second-order valence-corrected chi connectivity index (χ2v) is 5.44. The molecule has 0 spiro atoms. The molecular formula is C15H22N2O. The van der Waals surface area contributed by atoms with Crippen molar-refractivity contribution in [2.45, 2.75) is 20.3 Å². The van der Waals surface area contributed by atoms with Gasteiger partial charge in [0.15, 0.2) is 0 Å². The number of hydrogen-bond acceptors (Lipinski definition) is 2. The second kappa shape index (κ2) is 5.11. The van der Waals surface area contributed by atoms with Crippen LogP contribution in [0.3, 0.4) is 0 Å². The van der Waals surface area contributed by atoms with Crippen LogP contribution in [0.5, 0.6) is 0 Å². The Morgan fingerprint density at radius 3 is 2.50 bits per heavy atom. The third-order valence-corrected chi connectivity index (χ3v) is 4.17. The number of anilines is 1. The normalized spacial score (nSPS) is 23.3. The quantitative estimate of drug-likeness (QED) is 0.887. The molecule has 0 bridgehead atoms. The average molecular weight is 246 g/mol. The molecule has 2 rings (SSSR count). The maximum atomic E-state index is 12.8. The summed E-state index contributed by atoms with van der Waals surface area (Å²) in [5.41, 5.74) is 0.722. The highest BCUT2D eigenvalue weighted by atomic mass is 16.2. The average Bonchev–Trinajstić information content (AvgIpc) is 2.88. The van der Waals surface area contributed by atoms with Crippen molar-refractivity contribution in [3.8, 4) is 0 Å². The number of nitrogens with one attached hydrogen (secondary N) is 1. The van der Waals surface area contributed by atoms with Crippen LogP contribution in [0.2, 0.25) is 0 Å². The molecule has 1 unspecified atom stereocenters. The Morgan fingerprint density at radius 2 is 2.00 bits per heavy atom. The van der Waals surface area contributed by atoms with E-state index in [1.165, 1.54) is 0 Å². The van der Waals surface area contributed by atoms with E-state index >= 15 is 0 Å². The van der Waals surface area contributed by atoms with Crippen LogP contribution in [0.25, 0.3) is 0 Å². The molecule has 1 aliphatic heterocycles. The maximum absolute atomic E-state index is 12.8. The van der Waals surface area contributed by atoms with Gasteiger partial charge in [0, 0.05) is 19.3 Å². The SMILES string of the molecule is CC(C)C1(C(=O)N(C)c2ccccc2)CCNC1. The van der Waals surface area contributed by atoms with Gasteiger partial charge in [-0.25, -0.2) is 0 Å². The first kappa shape index (κ1) is 13.1. The number of amides is 1. The predicted molar refractivity (Wildman–Crippen MR) is 74.6 cm³/mol. The molecule has 1 aliphatic rings. The van der Waals surface area contributed by atoms with Crippen molar-refractivity contribution >= 4 is 11.6 Å². The lowest BCUT2D eigenvalue weighted by Gasteiger charge is -2.35. The lowest BCUT2D eigenvalue weighted by atomic mass is 9.75. The van der Waals surface area contributed by atoms with Crippen LogP contribution in [0.15, 0.2) is 30.3 Å². The van der Waals surface area contributed by atoms with Gasteiger partial charge < -0.3 is 10.2 Å². The maximum Gasteiger partial charge on any atom is 0.234 e. The summed E-state index contributed by atoms with van der Waals surface area (Å²) < 4.78 is 0. The predicted octanol–water partition coefficient (Wildman–Crippen LogP) is 2.29. The van der Waals surface area contributed by atoms with Crippen LogP contribution >= 0.6 is 0 Å². The first-order chi connectivity index (χ1) is 8.58. The minimum atomic E-state index is -0.245. The zero-order valence-electron chi connectivity index (χ0n) is 11.4. The number of hydrogen-bond donors (Lipinski definition) is 1. The molecule has 1 saturated heterocycles. The molecule has 1 aromatic carbocycles. The molecule has 1 N–H and O–H groups in total. The molecule has 1 atom stereocenters. The van der Waals surface area contributed by atoms with Gasteiger partial charge in [0.1, 0.15) is 0 Å². The van der Waals surface area contributed by atoms with Crippen molar-refractivity contribution in [1.29, 1.82) is 0 Å². The third kappa shape index (κ3) is 2.15. The van der Waals surface area contributed by atoms with Crippen molar-refractivity contribution in [3.63, 3.8) is 0 Å². The van der Waals surface area contributed by atoms with Crippen molar-refractivity contribution in [2.75, 3.05) is 25.0 Å². The minimum absolute atomic E-state index is 0.230. The van der Waals surface area contributed by atoms with Gasteiger partial charge in [-0.15, -0.1) is 0 Å². The van der Waals surface area contributed by atoms with Gasteiger partial charge in [-0.1, -0.05) is 32.0 Å². The van der Waals surface area contributed by atoms with Crippen LogP contribution in [-0.4, -0.2) is 26.0 Å². The Kier molecular flexibility index (Phi) is 3.71. The fourth-order valence-electron chi connectivity index (χ4n) is 2.74. The Bertz CT molecular complexity index is 408. The fourth-order valence-corrected chi connectivity index (χ4v) is 2.74. The number of carbonyl (C=O) groups is 1. The van der Waals surface area contributed by atoms with E-state index in [9.17, 15) is 4.79 Å². The van der Waals surface area contributed by atoms with Gasteiger partial charge >= 0.3 is 0 Å². The van der Waals surface area contributed by atoms with Gasteiger partial charge in [-0.2, -0.15) is 0 Å². The molecule has 3 nitrogen and oxygen atoms in total. The van der Waals surface area contributed by atoms with E-state index in [4.69, 9.17) is 0 Å². The standard InChI is InChI=1S/C15H22N2O/c1-12(2)15(9-10-16-11-15)14(18)17(3)13-7-5-4-6-8-13/h4-8,12,16H,9-11H2,1-3H3. The molecule has 0 aromatic heterocycles. The Labute approximate surface area is 109 Å². The van der Waals surface area contributed by atoms with Gasteiger partial charge in [-0.3, -0.25) is 4.79 Å². The molecule has 18 heavy (non-hydrogen) atoms. The summed E-state index contributed by atoms with van der Waals surface area (Å²) in [6.45, 7) is 6.01. The number of benzene rings is 1. The van der Waals surface area contributed by atoms with Crippen LogP contribution in [0, 0.1) is 11.3 Å². The molecule has 1 aromatic rings. The fraction of sp³-hybridized carbons (Fsp3) is 0.533. The molecule has 1 amide bonds.